The molecule has 0 radical (unpaired) electrons. The van der Waals surface area contributed by atoms with Crippen molar-refractivity contribution in [1.82, 2.24) is 10.6 Å². The summed E-state index contributed by atoms with van der Waals surface area (Å²) in [7, 11) is 1.67. The van der Waals surface area contributed by atoms with Crippen molar-refractivity contribution >= 4 is 41.5 Å². The van der Waals surface area contributed by atoms with Crippen molar-refractivity contribution in [3.8, 4) is 11.5 Å². The molecule has 0 spiro atoms. The van der Waals surface area contributed by atoms with Gasteiger partial charge in [0.25, 0.3) is 0 Å². The van der Waals surface area contributed by atoms with E-state index in [-0.39, 0.29) is 29.9 Å². The number of rotatable bonds is 9. The molecule has 0 saturated carbocycles. The quantitative estimate of drug-likeness (QED) is 0.201. The summed E-state index contributed by atoms with van der Waals surface area (Å²) in [5, 5.41) is 9.23. The Morgan fingerprint density at radius 1 is 1.13 bits per heavy atom. The number of nitrogens with zero attached hydrogens (tertiary/aromatic N) is 1. The molecule has 2 aromatic carbocycles. The number of hydrogen-bond donors (Lipinski definition) is 3. The van der Waals surface area contributed by atoms with Crippen molar-refractivity contribution in [3.05, 3.63) is 53.6 Å². The highest BCUT2D eigenvalue weighted by Crippen LogP contribution is 2.20. The lowest BCUT2D eigenvalue weighted by Crippen LogP contribution is -2.39. The van der Waals surface area contributed by atoms with Gasteiger partial charge in [0, 0.05) is 30.8 Å². The number of aryl methyl sites for hydroxylation is 1. The van der Waals surface area contributed by atoms with Crippen LogP contribution in [-0.4, -0.2) is 38.7 Å². The van der Waals surface area contributed by atoms with Crippen molar-refractivity contribution in [3.63, 3.8) is 0 Å². The summed E-state index contributed by atoms with van der Waals surface area (Å²) in [5.74, 6) is 2.14. The summed E-state index contributed by atoms with van der Waals surface area (Å²) in [4.78, 5) is 15.8. The van der Waals surface area contributed by atoms with E-state index in [1.807, 2.05) is 44.2 Å². The maximum atomic E-state index is 11.2. The second-order valence-electron chi connectivity index (χ2n) is 6.49. The SMILES string of the molecule is CCNC(=NCc1ccc(C)cc1OC)NCCOc1cccc(NC(C)=O)c1.I. The van der Waals surface area contributed by atoms with E-state index in [9.17, 15) is 4.79 Å². The molecule has 0 saturated heterocycles. The average Bonchev–Trinajstić information content (AvgIpc) is 2.69. The van der Waals surface area contributed by atoms with E-state index < -0.39 is 0 Å². The van der Waals surface area contributed by atoms with Gasteiger partial charge >= 0.3 is 0 Å². The van der Waals surface area contributed by atoms with E-state index in [1.165, 1.54) is 6.92 Å². The number of nitrogens with one attached hydrogen (secondary N) is 3. The van der Waals surface area contributed by atoms with Crippen LogP contribution < -0.4 is 25.4 Å². The normalized spacial score (nSPS) is 10.6. The highest BCUT2D eigenvalue weighted by Gasteiger charge is 2.04. The molecule has 164 valence electrons. The molecule has 0 aliphatic heterocycles. The van der Waals surface area contributed by atoms with Crippen LogP contribution >= 0.6 is 24.0 Å². The van der Waals surface area contributed by atoms with Crippen molar-refractivity contribution in [2.75, 3.05) is 32.1 Å². The van der Waals surface area contributed by atoms with E-state index in [0.717, 1.165) is 23.4 Å². The summed E-state index contributed by atoms with van der Waals surface area (Å²) in [5.41, 5.74) is 2.89. The Morgan fingerprint density at radius 3 is 2.63 bits per heavy atom. The van der Waals surface area contributed by atoms with Crippen LogP contribution in [0.4, 0.5) is 5.69 Å². The number of carbonyl (C=O) groups is 1. The average molecular weight is 526 g/mol. The van der Waals surface area contributed by atoms with Gasteiger partial charge in [-0.15, -0.1) is 24.0 Å². The molecule has 0 aliphatic rings. The maximum absolute atomic E-state index is 11.2. The fourth-order valence-corrected chi connectivity index (χ4v) is 2.69. The van der Waals surface area contributed by atoms with Crippen molar-refractivity contribution < 1.29 is 14.3 Å². The predicted octanol–water partition coefficient (Wildman–Crippen LogP) is 3.71. The predicted molar refractivity (Wildman–Crippen MR) is 132 cm³/mol. The van der Waals surface area contributed by atoms with Gasteiger partial charge in [-0.1, -0.05) is 18.2 Å². The van der Waals surface area contributed by atoms with E-state index in [1.54, 1.807) is 13.2 Å². The molecule has 7 nitrogen and oxygen atoms in total. The Labute approximate surface area is 195 Å². The Bertz CT molecular complexity index is 843. The second kappa shape index (κ2) is 13.7. The summed E-state index contributed by atoms with van der Waals surface area (Å²) in [6.07, 6.45) is 0. The minimum absolute atomic E-state index is 0. The monoisotopic (exact) mass is 526 g/mol. The number of halogens is 1. The zero-order chi connectivity index (χ0) is 21.1. The fraction of sp³-hybridized carbons (Fsp3) is 0.364. The zero-order valence-electron chi connectivity index (χ0n) is 18.0. The number of methoxy groups -OCH3 is 1. The van der Waals surface area contributed by atoms with Gasteiger partial charge in [-0.3, -0.25) is 4.79 Å². The highest BCUT2D eigenvalue weighted by molar-refractivity contribution is 14.0. The third-order valence-corrected chi connectivity index (χ3v) is 4.01. The molecule has 1 amide bonds. The fourth-order valence-electron chi connectivity index (χ4n) is 2.69. The van der Waals surface area contributed by atoms with Crippen molar-refractivity contribution in [2.24, 2.45) is 4.99 Å². The molecule has 0 aromatic heterocycles. The van der Waals surface area contributed by atoms with Gasteiger partial charge in [0.1, 0.15) is 18.1 Å². The molecule has 0 fully saturated rings. The lowest BCUT2D eigenvalue weighted by atomic mass is 10.1. The Kier molecular flexibility index (Phi) is 11.7. The number of carbonyl (C=O) groups excluding carboxylic acids is 1. The molecule has 2 aromatic rings. The maximum Gasteiger partial charge on any atom is 0.221 e. The molecule has 2 rings (SSSR count). The van der Waals surface area contributed by atoms with Crippen LogP contribution in [0.3, 0.4) is 0 Å². The van der Waals surface area contributed by atoms with Gasteiger partial charge in [-0.25, -0.2) is 4.99 Å². The van der Waals surface area contributed by atoms with E-state index >= 15 is 0 Å². The first-order valence-corrected chi connectivity index (χ1v) is 9.68. The van der Waals surface area contributed by atoms with Crippen LogP contribution in [0.5, 0.6) is 11.5 Å². The van der Waals surface area contributed by atoms with E-state index in [2.05, 4.69) is 27.0 Å². The minimum Gasteiger partial charge on any atom is -0.496 e. The van der Waals surface area contributed by atoms with E-state index in [4.69, 9.17) is 9.47 Å². The lowest BCUT2D eigenvalue weighted by molar-refractivity contribution is -0.114. The first-order valence-electron chi connectivity index (χ1n) is 9.68. The molecule has 0 aliphatic carbocycles. The van der Waals surface area contributed by atoms with Crippen LogP contribution in [0, 0.1) is 6.92 Å². The number of ether oxygens (including phenoxy) is 2. The molecule has 0 unspecified atom stereocenters. The third kappa shape index (κ3) is 8.89. The first kappa shape index (κ1) is 25.5. The summed E-state index contributed by atoms with van der Waals surface area (Å²) >= 11 is 0. The molecule has 0 bridgehead atoms. The Balaban J connectivity index is 0.00000450. The smallest absolute Gasteiger partial charge is 0.221 e. The number of amides is 1. The number of guanidine groups is 1. The number of hydrogen-bond acceptors (Lipinski definition) is 4. The summed E-state index contributed by atoms with van der Waals surface area (Å²) in [6, 6.07) is 13.4. The molecular weight excluding hydrogens is 495 g/mol. The van der Waals surface area contributed by atoms with Crippen molar-refractivity contribution in [1.29, 1.82) is 0 Å². The second-order valence-corrected chi connectivity index (χ2v) is 6.49. The summed E-state index contributed by atoms with van der Waals surface area (Å²) in [6.45, 7) is 7.85. The molecular formula is C22H31IN4O3. The largest absolute Gasteiger partial charge is 0.496 e. The van der Waals surface area contributed by atoms with Gasteiger partial charge in [-0.2, -0.15) is 0 Å². The van der Waals surface area contributed by atoms with Crippen LogP contribution in [0.2, 0.25) is 0 Å². The highest BCUT2D eigenvalue weighted by atomic mass is 127. The zero-order valence-corrected chi connectivity index (χ0v) is 20.3. The first-order chi connectivity index (χ1) is 14.0. The van der Waals surface area contributed by atoms with Gasteiger partial charge < -0.3 is 25.4 Å². The Morgan fingerprint density at radius 2 is 1.93 bits per heavy atom. The third-order valence-electron chi connectivity index (χ3n) is 4.01. The van der Waals surface area contributed by atoms with Crippen molar-refractivity contribution in [2.45, 2.75) is 27.3 Å². The molecule has 0 atom stereocenters. The Hall–Kier alpha value is -2.49. The number of aliphatic imine (C=N–C) groups is 1. The molecule has 0 heterocycles. The topological polar surface area (TPSA) is 84.0 Å². The standard InChI is InChI=1S/C22H30N4O3.HI/c1-5-23-22(25-15-18-10-9-16(2)13-21(18)28-4)24-11-12-29-20-8-6-7-19(14-20)26-17(3)27;/h6-10,13-14H,5,11-12,15H2,1-4H3,(H,26,27)(H2,23,24,25);1H. The van der Waals surface area contributed by atoms with Crippen LogP contribution in [-0.2, 0) is 11.3 Å². The van der Waals surface area contributed by atoms with Gasteiger partial charge in [-0.05, 0) is 37.6 Å². The summed E-state index contributed by atoms with van der Waals surface area (Å²) < 4.78 is 11.2. The van der Waals surface area contributed by atoms with Gasteiger partial charge in [0.2, 0.25) is 5.91 Å². The van der Waals surface area contributed by atoms with Crippen LogP contribution in [0.25, 0.3) is 0 Å². The lowest BCUT2D eigenvalue weighted by Gasteiger charge is -2.13. The number of anilines is 1. The van der Waals surface area contributed by atoms with Crippen LogP contribution in [0.15, 0.2) is 47.5 Å². The van der Waals surface area contributed by atoms with Crippen LogP contribution in [0.1, 0.15) is 25.0 Å². The minimum atomic E-state index is -0.111. The molecule has 8 heteroatoms. The molecule has 3 N–H and O–H groups in total. The van der Waals surface area contributed by atoms with Gasteiger partial charge in [0.05, 0.1) is 20.2 Å². The van der Waals surface area contributed by atoms with E-state index in [0.29, 0.717) is 37.1 Å². The molecule has 30 heavy (non-hydrogen) atoms. The van der Waals surface area contributed by atoms with Gasteiger partial charge in [0.15, 0.2) is 5.96 Å². The number of benzene rings is 2.